The zero-order chi connectivity index (χ0) is 19.3. The Morgan fingerprint density at radius 2 is 1.89 bits per heavy atom. The van der Waals surface area contributed by atoms with E-state index in [2.05, 4.69) is 27.2 Å². The summed E-state index contributed by atoms with van der Waals surface area (Å²) in [7, 11) is 3.90. The van der Waals surface area contributed by atoms with Crippen LogP contribution in [-0.2, 0) is 7.05 Å². The zero-order valence-corrected chi connectivity index (χ0v) is 15.9. The smallest absolute Gasteiger partial charge is 0.274 e. The molecule has 5 rings (SSSR count). The van der Waals surface area contributed by atoms with E-state index in [1.807, 2.05) is 42.3 Å². The van der Waals surface area contributed by atoms with Crippen LogP contribution in [0.4, 0.5) is 0 Å². The topological polar surface area (TPSA) is 80.3 Å². The quantitative estimate of drug-likeness (QED) is 0.693. The van der Waals surface area contributed by atoms with Gasteiger partial charge in [-0.15, -0.1) is 10.2 Å². The summed E-state index contributed by atoms with van der Waals surface area (Å²) < 4.78 is 7.63. The molecule has 1 unspecified atom stereocenters. The molecule has 2 aliphatic heterocycles. The molecule has 2 saturated heterocycles. The number of amides is 1. The maximum absolute atomic E-state index is 12.6. The van der Waals surface area contributed by atoms with Crippen LogP contribution in [0.5, 0.6) is 0 Å². The lowest BCUT2D eigenvalue weighted by molar-refractivity contribution is 0.0109. The third-order valence-electron chi connectivity index (χ3n) is 5.76. The van der Waals surface area contributed by atoms with E-state index in [1.54, 1.807) is 16.9 Å². The zero-order valence-electron chi connectivity index (χ0n) is 15.9. The third kappa shape index (κ3) is 2.80. The number of rotatable bonds is 3. The Morgan fingerprint density at radius 3 is 2.61 bits per heavy atom. The van der Waals surface area contributed by atoms with Gasteiger partial charge in [-0.2, -0.15) is 5.10 Å². The fourth-order valence-electron chi connectivity index (χ4n) is 4.44. The number of benzene rings is 1. The highest BCUT2D eigenvalue weighted by molar-refractivity contribution is 5.92. The summed E-state index contributed by atoms with van der Waals surface area (Å²) in [6.45, 7) is 2.39. The molecule has 1 aromatic carbocycles. The molecule has 2 fully saturated rings. The van der Waals surface area contributed by atoms with E-state index < -0.39 is 0 Å². The van der Waals surface area contributed by atoms with Crippen molar-refractivity contribution in [3.05, 3.63) is 54.2 Å². The van der Waals surface area contributed by atoms with Crippen molar-refractivity contribution in [2.45, 2.75) is 12.5 Å². The number of aromatic nitrogens is 4. The lowest BCUT2D eigenvalue weighted by atomic mass is 9.77. The van der Waals surface area contributed by atoms with Gasteiger partial charge in [0.05, 0.1) is 6.04 Å². The van der Waals surface area contributed by atoms with Gasteiger partial charge in [-0.05, 0) is 31.7 Å². The molecular weight excluding hydrogens is 356 g/mol. The van der Waals surface area contributed by atoms with Crippen LogP contribution < -0.4 is 0 Å². The summed E-state index contributed by atoms with van der Waals surface area (Å²) in [5.41, 5.74) is 1.52. The highest BCUT2D eigenvalue weighted by Gasteiger charge is 2.53. The predicted molar refractivity (Wildman–Crippen MR) is 101 cm³/mol. The lowest BCUT2D eigenvalue weighted by Crippen LogP contribution is -2.59. The molecule has 0 saturated carbocycles. The van der Waals surface area contributed by atoms with E-state index in [4.69, 9.17) is 4.42 Å². The Morgan fingerprint density at radius 1 is 1.11 bits per heavy atom. The minimum atomic E-state index is 0.00137. The van der Waals surface area contributed by atoms with Crippen LogP contribution in [0.1, 0.15) is 28.8 Å². The molecule has 1 atom stereocenters. The van der Waals surface area contributed by atoms with Crippen molar-refractivity contribution in [3.8, 4) is 11.5 Å². The molecule has 0 aliphatic carbocycles. The van der Waals surface area contributed by atoms with Crippen molar-refractivity contribution < 1.29 is 9.21 Å². The van der Waals surface area contributed by atoms with Gasteiger partial charge in [0.25, 0.3) is 5.91 Å². The first-order chi connectivity index (χ1) is 13.5. The Balaban J connectivity index is 1.28. The van der Waals surface area contributed by atoms with Crippen LogP contribution in [0, 0.1) is 5.41 Å². The molecule has 8 heteroatoms. The second-order valence-corrected chi connectivity index (χ2v) is 7.98. The van der Waals surface area contributed by atoms with Crippen molar-refractivity contribution in [1.82, 2.24) is 29.8 Å². The average Bonchev–Trinajstić information content (AvgIpc) is 3.39. The van der Waals surface area contributed by atoms with Crippen LogP contribution in [0.25, 0.3) is 11.5 Å². The first-order valence-electron chi connectivity index (χ1n) is 9.41. The second kappa shape index (κ2) is 6.27. The molecule has 0 N–H and O–H groups in total. The fourth-order valence-corrected chi connectivity index (χ4v) is 4.44. The van der Waals surface area contributed by atoms with E-state index in [0.717, 1.165) is 31.6 Å². The minimum Gasteiger partial charge on any atom is -0.419 e. The highest BCUT2D eigenvalue weighted by Crippen LogP contribution is 2.47. The SMILES string of the molecule is CN1CC2(CC1c1nnc(-c3ccccc3)o1)CN(C(=O)c1ccn(C)n1)C2. The lowest BCUT2D eigenvalue weighted by Gasteiger charge is -2.47. The van der Waals surface area contributed by atoms with Gasteiger partial charge in [-0.1, -0.05) is 18.2 Å². The van der Waals surface area contributed by atoms with Crippen LogP contribution in [0.15, 0.2) is 47.0 Å². The predicted octanol–water partition coefficient (Wildman–Crippen LogP) is 1.99. The van der Waals surface area contributed by atoms with Gasteiger partial charge >= 0.3 is 0 Å². The van der Waals surface area contributed by atoms with Crippen molar-refractivity contribution in [2.75, 3.05) is 26.7 Å². The number of hydrogen-bond acceptors (Lipinski definition) is 6. The van der Waals surface area contributed by atoms with Crippen molar-refractivity contribution in [1.29, 1.82) is 0 Å². The van der Waals surface area contributed by atoms with Gasteiger partial charge < -0.3 is 9.32 Å². The van der Waals surface area contributed by atoms with Gasteiger partial charge in [0, 0.05) is 43.9 Å². The third-order valence-corrected chi connectivity index (χ3v) is 5.76. The number of likely N-dealkylation sites (tertiary alicyclic amines) is 2. The number of carbonyl (C=O) groups is 1. The maximum atomic E-state index is 12.6. The van der Waals surface area contributed by atoms with E-state index in [9.17, 15) is 4.79 Å². The summed E-state index contributed by atoms with van der Waals surface area (Å²) in [5, 5.41) is 12.7. The molecule has 0 bridgehead atoms. The van der Waals surface area contributed by atoms with Crippen LogP contribution in [0.2, 0.25) is 0 Å². The van der Waals surface area contributed by atoms with Gasteiger partial charge in [-0.3, -0.25) is 14.4 Å². The molecule has 0 radical (unpaired) electrons. The Bertz CT molecular complexity index is 1000. The first-order valence-corrected chi connectivity index (χ1v) is 9.41. The maximum Gasteiger partial charge on any atom is 0.274 e. The van der Waals surface area contributed by atoms with Crippen molar-refractivity contribution in [3.63, 3.8) is 0 Å². The van der Waals surface area contributed by atoms with E-state index in [0.29, 0.717) is 17.5 Å². The van der Waals surface area contributed by atoms with Crippen molar-refractivity contribution >= 4 is 5.91 Å². The highest BCUT2D eigenvalue weighted by atomic mass is 16.4. The fraction of sp³-hybridized carbons (Fsp3) is 0.400. The number of aryl methyl sites for hydroxylation is 1. The Labute approximate surface area is 162 Å². The molecule has 144 valence electrons. The van der Waals surface area contributed by atoms with E-state index in [-0.39, 0.29) is 17.4 Å². The van der Waals surface area contributed by atoms with E-state index >= 15 is 0 Å². The monoisotopic (exact) mass is 378 g/mol. The summed E-state index contributed by atoms with van der Waals surface area (Å²) in [6, 6.07) is 11.6. The van der Waals surface area contributed by atoms with Crippen LogP contribution in [-0.4, -0.2) is 62.4 Å². The van der Waals surface area contributed by atoms with Gasteiger partial charge in [0.2, 0.25) is 11.8 Å². The minimum absolute atomic E-state index is 0.00137. The average molecular weight is 378 g/mol. The molecule has 3 aromatic rings. The second-order valence-electron chi connectivity index (χ2n) is 7.98. The summed E-state index contributed by atoms with van der Waals surface area (Å²) in [6.07, 6.45) is 2.70. The molecule has 28 heavy (non-hydrogen) atoms. The molecule has 2 aromatic heterocycles. The summed E-state index contributed by atoms with van der Waals surface area (Å²) >= 11 is 0. The molecule has 4 heterocycles. The Kier molecular flexibility index (Phi) is 3.83. The summed E-state index contributed by atoms with van der Waals surface area (Å²) in [5.74, 6) is 1.19. The van der Waals surface area contributed by atoms with Gasteiger partial charge in [0.1, 0.15) is 5.69 Å². The molecule has 2 aliphatic rings. The van der Waals surface area contributed by atoms with Gasteiger partial charge in [0.15, 0.2) is 0 Å². The van der Waals surface area contributed by atoms with Gasteiger partial charge in [-0.25, -0.2) is 0 Å². The number of hydrogen-bond donors (Lipinski definition) is 0. The molecule has 8 nitrogen and oxygen atoms in total. The van der Waals surface area contributed by atoms with Crippen molar-refractivity contribution in [2.24, 2.45) is 12.5 Å². The molecule has 1 amide bonds. The first kappa shape index (κ1) is 17.1. The number of nitrogens with zero attached hydrogens (tertiary/aromatic N) is 6. The number of carbonyl (C=O) groups excluding carboxylic acids is 1. The normalized spacial score (nSPS) is 21.2. The van der Waals surface area contributed by atoms with Crippen LogP contribution >= 0.6 is 0 Å². The largest absolute Gasteiger partial charge is 0.419 e. The van der Waals surface area contributed by atoms with Crippen LogP contribution in [0.3, 0.4) is 0 Å². The molecular formula is C20H22N6O2. The standard InChI is InChI=1S/C20H22N6O2/c1-24-11-20(12-26(13-20)19(27)15-8-9-25(2)23-15)10-16(24)18-22-21-17(28-18)14-6-4-3-5-7-14/h3-9,16H,10-13H2,1-2H3. The van der Waals surface area contributed by atoms with E-state index in [1.165, 1.54) is 0 Å². The molecule has 1 spiro atoms. The summed E-state index contributed by atoms with van der Waals surface area (Å²) in [4.78, 5) is 16.7. The Hall–Kier alpha value is -3.00.